The van der Waals surface area contributed by atoms with Gasteiger partial charge < -0.3 is 116 Å². The van der Waals surface area contributed by atoms with E-state index < -0.39 is 130 Å². The molecule has 0 bridgehead atoms. The Labute approximate surface area is 807 Å². The van der Waals surface area contributed by atoms with Crippen molar-refractivity contribution in [3.8, 4) is 5.75 Å². The maximum atomic E-state index is 13.3. The van der Waals surface area contributed by atoms with Crippen LogP contribution in [0.2, 0.25) is 0 Å². The van der Waals surface area contributed by atoms with Crippen molar-refractivity contribution in [3.05, 3.63) is 241 Å². The normalized spacial score (nSPS) is 13.7. The monoisotopic (exact) mass is 2050 g/mol. The summed E-state index contributed by atoms with van der Waals surface area (Å²) < 4.78 is 164. The Morgan fingerprint density at radius 2 is 0.641 bits per heavy atom. The molecular formula is C86H106N20O32P4. The van der Waals surface area contributed by atoms with Gasteiger partial charge in [0, 0.05) is 26.2 Å². The first kappa shape index (κ1) is 109. The van der Waals surface area contributed by atoms with Crippen LogP contribution in [0.1, 0.15) is 75.6 Å². The number of aromatic nitrogens is 16. The van der Waals surface area contributed by atoms with Gasteiger partial charge in [0.05, 0.1) is 90.9 Å². The SMILES string of the molecule is CC(C)COC(=O)OCOP(=O)(COCCn1cnc2c(=O)[nH]c(N)nc21)OCc1ccccc1.CC(C)OC(=O)OCOP(=O)(COCCn1cnc2c(=O)[nH]c(N)nc21)OCc1ccccc1.Nc1nc2c(ncn2CCOCP(=O)(OCOC(=O)OC2CCCC2)OCc2ccccc2)c(=O)[nH]1.Nc1nc2c(ncn2CCOCP(=O)(OCOC(=O)Oc2ccccc2)OCc2ccccc2)c(=O)[nH]1. The number of nitrogen functional groups attached to an aromatic ring is 4. The molecule has 8 aromatic heterocycles. The highest BCUT2D eigenvalue weighted by Crippen LogP contribution is 2.52. The van der Waals surface area contributed by atoms with Crippen molar-refractivity contribution in [2.45, 2.75) is 118 Å². The number of ether oxygens (including phenoxy) is 12. The van der Waals surface area contributed by atoms with Crippen LogP contribution >= 0.6 is 30.4 Å². The molecule has 0 radical (unpaired) electrons. The van der Waals surface area contributed by atoms with Crippen molar-refractivity contribution in [3.63, 3.8) is 0 Å². The van der Waals surface area contributed by atoms with Crippen LogP contribution in [0, 0.1) is 5.92 Å². The molecule has 5 aromatic carbocycles. The van der Waals surface area contributed by atoms with Crippen LogP contribution in [0.3, 0.4) is 0 Å². The molecule has 1 fully saturated rings. The number of imidazole rings is 4. The number of benzene rings is 5. The summed E-state index contributed by atoms with van der Waals surface area (Å²) in [7, 11) is -15.3. The Morgan fingerprint density at radius 3 is 0.930 bits per heavy atom. The second kappa shape index (κ2) is 54.9. The highest BCUT2D eigenvalue weighted by Gasteiger charge is 2.33. The third-order valence-electron chi connectivity index (χ3n) is 19.0. The molecule has 0 spiro atoms. The average molecular weight is 2060 g/mol. The van der Waals surface area contributed by atoms with E-state index in [9.17, 15) is 56.6 Å². The second-order valence-corrected chi connectivity index (χ2v) is 38.7. The summed E-state index contributed by atoms with van der Waals surface area (Å²) in [4.78, 5) is 136. The number of hydrogen-bond donors (Lipinski definition) is 8. The van der Waals surface area contributed by atoms with Gasteiger partial charge >= 0.3 is 55.0 Å². The van der Waals surface area contributed by atoms with Crippen LogP contribution in [-0.2, 0) is 159 Å². The molecule has 52 nitrogen and oxygen atoms in total. The molecule has 1 aliphatic carbocycles. The minimum Gasteiger partial charge on any atom is -0.434 e. The van der Waals surface area contributed by atoms with Gasteiger partial charge in [-0.05, 0) is 79.8 Å². The first-order valence-corrected chi connectivity index (χ1v) is 50.4. The predicted octanol–water partition coefficient (Wildman–Crippen LogP) is 11.9. The van der Waals surface area contributed by atoms with E-state index in [-0.39, 0.29) is 161 Å². The number of rotatable bonds is 49. The number of H-pyrrole nitrogens is 4. The number of nitrogens with zero attached hydrogens (tertiary/aromatic N) is 12. The zero-order chi connectivity index (χ0) is 101. The zero-order valence-electron chi connectivity index (χ0n) is 77.2. The second-order valence-electron chi connectivity index (χ2n) is 30.8. The van der Waals surface area contributed by atoms with Gasteiger partial charge in [0.1, 0.15) is 37.2 Å². The van der Waals surface area contributed by atoms with E-state index in [0.717, 1.165) is 47.9 Å². The van der Waals surface area contributed by atoms with Crippen LogP contribution in [0.4, 0.5) is 43.0 Å². The molecule has 13 aromatic rings. The summed E-state index contributed by atoms with van der Waals surface area (Å²) in [5.74, 6) is 0.263. The van der Waals surface area contributed by atoms with Crippen LogP contribution in [-0.4, -0.2) is 201 Å². The number of hydrogen-bond acceptors (Lipinski definition) is 44. The number of nitrogens with one attached hydrogen (secondary N) is 4. The third-order valence-corrected chi connectivity index (χ3v) is 25.1. The summed E-state index contributed by atoms with van der Waals surface area (Å²) in [6, 6.07) is 44.6. The first-order chi connectivity index (χ1) is 68.3. The van der Waals surface area contributed by atoms with E-state index in [4.69, 9.17) is 116 Å². The van der Waals surface area contributed by atoms with Gasteiger partial charge in [-0.25, -0.2) is 39.1 Å². The first-order valence-electron chi connectivity index (χ1n) is 43.5. The maximum Gasteiger partial charge on any atom is 0.515 e. The van der Waals surface area contributed by atoms with Crippen molar-refractivity contribution >= 4 is 123 Å². The molecule has 56 heteroatoms. The van der Waals surface area contributed by atoms with Crippen molar-refractivity contribution in [1.82, 2.24) is 78.1 Å². The predicted molar refractivity (Wildman–Crippen MR) is 506 cm³/mol. The van der Waals surface area contributed by atoms with Gasteiger partial charge in [-0.15, -0.1) is 0 Å². The Morgan fingerprint density at radius 1 is 0.366 bits per heavy atom. The number of anilines is 4. The molecule has 8 heterocycles. The van der Waals surface area contributed by atoms with Gasteiger partial charge in [-0.3, -0.25) is 75.5 Å². The minimum atomic E-state index is -3.86. The molecule has 12 N–H and O–H groups in total. The van der Waals surface area contributed by atoms with Crippen molar-refractivity contribution in [2.24, 2.45) is 5.92 Å². The van der Waals surface area contributed by atoms with E-state index in [0.29, 0.717) is 16.9 Å². The fraction of sp³-hybridized carbons (Fsp3) is 0.372. The van der Waals surface area contributed by atoms with E-state index in [2.05, 4.69) is 59.8 Å². The highest BCUT2D eigenvalue weighted by molar-refractivity contribution is 7.54. The van der Waals surface area contributed by atoms with Gasteiger partial charge in [-0.2, -0.15) is 19.9 Å². The van der Waals surface area contributed by atoms with Gasteiger partial charge in [0.25, 0.3) is 22.2 Å². The number of carbonyl (C=O) groups excluding carboxylic acids is 4. The van der Waals surface area contributed by atoms with Crippen LogP contribution < -0.4 is 49.9 Å². The fourth-order valence-electron chi connectivity index (χ4n) is 12.2. The molecule has 762 valence electrons. The zero-order valence-corrected chi connectivity index (χ0v) is 80.8. The lowest BCUT2D eigenvalue weighted by Gasteiger charge is -2.19. The van der Waals surface area contributed by atoms with Gasteiger partial charge in [0.15, 0.2) is 44.7 Å². The third kappa shape index (κ3) is 36.1. The topological polar surface area (TPSA) is 680 Å². The molecule has 0 saturated heterocycles. The van der Waals surface area contributed by atoms with Gasteiger partial charge in [0.2, 0.25) is 51.0 Å². The summed E-state index contributed by atoms with van der Waals surface area (Å²) in [5, 5.41) is 0. The molecule has 142 heavy (non-hydrogen) atoms. The van der Waals surface area contributed by atoms with E-state index in [1.807, 2.05) is 98.8 Å². The van der Waals surface area contributed by atoms with E-state index in [1.54, 1.807) is 98.8 Å². The van der Waals surface area contributed by atoms with Crippen molar-refractivity contribution < 1.29 is 130 Å². The van der Waals surface area contributed by atoms with Crippen molar-refractivity contribution in [2.75, 3.05) is 109 Å². The standard InChI is InChI=1S/C23H24N5O8P.C22H28N5O8P.C21H28N5O8P.C20H26N5O8P/c24-22-26-20-19(21(29)27-22)25-14-28(20)11-12-32-16-37(31,34-13-17-7-3-1-4-8-17)35-15-33-23(30)36-18-9-5-2-6-10-18;23-21-25-19-18(20(28)26-21)24-13-27(19)10-11-31-15-36(30,33-12-16-6-2-1-3-7-16)34-14-32-22(29)35-17-8-4-5-9-17;1-15(2)10-31-21(28)32-13-34-35(29,33-11-16-6-4-3-5-7-16)14-30-9-8-26-12-23-17-18(26)24-20(22)25-19(17)27;1-14(2)33-20(27)30-12-32-34(28,31-10-15-6-4-3-5-7-15)13-29-9-8-25-11-22-16-17(25)23-19(21)24-18(16)26/h1-10,14H,11-13,15-16H2,(H3,24,26,27,29);1-3,6-7,13,17H,4-5,8-12,14-15H2,(H3,23,25,26,28);3-7,12,15H,8-11,13-14H2,1-2H3,(H3,22,24,25,27);3-7,11,14H,8-10,12-13H2,1-2H3,(H3,21,23,24,26). The van der Waals surface area contributed by atoms with Crippen LogP contribution in [0.15, 0.2) is 196 Å². The smallest absolute Gasteiger partial charge is 0.434 e. The molecule has 1 saturated carbocycles. The molecule has 0 aliphatic heterocycles. The molecular weight excluding hydrogens is 1950 g/mol. The largest absolute Gasteiger partial charge is 0.515 e. The van der Waals surface area contributed by atoms with Crippen LogP contribution in [0.25, 0.3) is 44.7 Å². The Kier molecular flexibility index (Phi) is 42.0. The number of fused-ring (bicyclic) bond motifs is 4. The lowest BCUT2D eigenvalue weighted by Crippen LogP contribution is -2.17. The lowest BCUT2D eigenvalue weighted by atomic mass is 10.2. The highest BCUT2D eigenvalue weighted by atomic mass is 31.2. The molecule has 1 aliphatic rings. The fourth-order valence-corrected chi connectivity index (χ4v) is 16.8. The molecule has 0 amide bonds. The molecule has 4 unspecified atom stereocenters. The van der Waals surface area contributed by atoms with E-state index in [1.165, 1.54) is 25.3 Å². The number of aromatic amines is 4. The van der Waals surface area contributed by atoms with Crippen LogP contribution in [0.5, 0.6) is 5.75 Å². The lowest BCUT2D eigenvalue weighted by molar-refractivity contribution is -0.0215. The number of para-hydroxylation sites is 1. The summed E-state index contributed by atoms with van der Waals surface area (Å²) in [5.41, 5.74) is 25.4. The number of nitrogens with two attached hydrogens (primary N) is 4. The Bertz CT molecular complexity index is 6680. The van der Waals surface area contributed by atoms with Gasteiger partial charge in [-0.1, -0.05) is 153 Å². The summed E-state index contributed by atoms with van der Waals surface area (Å²) in [6.07, 6.45) is 3.29. The Balaban J connectivity index is 0.000000181. The van der Waals surface area contributed by atoms with E-state index >= 15 is 0 Å². The van der Waals surface area contributed by atoms with Crippen molar-refractivity contribution in [1.29, 1.82) is 0 Å². The molecule has 14 rings (SSSR count). The summed E-state index contributed by atoms with van der Waals surface area (Å²) >= 11 is 0. The average Bonchev–Trinajstić information content (AvgIpc) is 1.67. The quantitative estimate of drug-likeness (QED) is 0.00438. The summed E-state index contributed by atoms with van der Waals surface area (Å²) in [6.45, 7) is 5.88. The Hall–Kier alpha value is -13.8. The molecule has 4 atom stereocenters. The number of carbonyl (C=O) groups is 4. The minimum absolute atomic E-state index is 0.00257. The maximum absolute atomic E-state index is 13.3.